The van der Waals surface area contributed by atoms with E-state index in [2.05, 4.69) is 57.8 Å². The monoisotopic (exact) mass is 263 g/mol. The standard InChI is InChI=1S/C16H29N3/c1-7-9-19(12(3)4)16-15(11-17-8-2)13(5)10-14(6)18-16/h10,12,17H,7-9,11H2,1-6H3. The summed E-state index contributed by atoms with van der Waals surface area (Å²) in [5, 5.41) is 3.43. The molecule has 0 fully saturated rings. The van der Waals surface area contributed by atoms with Gasteiger partial charge in [-0.2, -0.15) is 0 Å². The second-order valence-electron chi connectivity index (χ2n) is 5.45. The number of aryl methyl sites for hydroxylation is 2. The zero-order valence-electron chi connectivity index (χ0n) is 13.4. The summed E-state index contributed by atoms with van der Waals surface area (Å²) in [6, 6.07) is 2.66. The molecule has 0 aliphatic rings. The minimum atomic E-state index is 0.481. The molecule has 1 rings (SSSR count). The van der Waals surface area contributed by atoms with E-state index in [9.17, 15) is 0 Å². The first-order valence-electron chi connectivity index (χ1n) is 7.45. The molecule has 0 aliphatic carbocycles. The Morgan fingerprint density at radius 3 is 2.47 bits per heavy atom. The Balaban J connectivity index is 3.20. The van der Waals surface area contributed by atoms with Gasteiger partial charge in [-0.25, -0.2) is 4.98 Å². The Hall–Kier alpha value is -1.09. The highest BCUT2D eigenvalue weighted by molar-refractivity contribution is 5.52. The second kappa shape index (κ2) is 7.49. The number of rotatable bonds is 7. The molecule has 0 atom stereocenters. The summed E-state index contributed by atoms with van der Waals surface area (Å²) in [5.41, 5.74) is 3.79. The molecule has 1 aromatic heterocycles. The Kier molecular flexibility index (Phi) is 6.29. The van der Waals surface area contributed by atoms with Gasteiger partial charge in [0.2, 0.25) is 0 Å². The third kappa shape index (κ3) is 4.20. The normalized spacial score (nSPS) is 11.1. The molecule has 1 aromatic rings. The van der Waals surface area contributed by atoms with Crippen LogP contribution in [0.25, 0.3) is 0 Å². The minimum Gasteiger partial charge on any atom is -0.354 e. The number of aromatic nitrogens is 1. The maximum Gasteiger partial charge on any atom is 0.133 e. The van der Waals surface area contributed by atoms with Crippen molar-refractivity contribution in [1.29, 1.82) is 0 Å². The third-order valence-electron chi connectivity index (χ3n) is 3.37. The number of pyridine rings is 1. The summed E-state index contributed by atoms with van der Waals surface area (Å²) in [6.07, 6.45) is 1.15. The lowest BCUT2D eigenvalue weighted by molar-refractivity contribution is 0.646. The first-order valence-corrected chi connectivity index (χ1v) is 7.45. The second-order valence-corrected chi connectivity index (χ2v) is 5.45. The van der Waals surface area contributed by atoms with Crippen LogP contribution in [-0.4, -0.2) is 24.1 Å². The van der Waals surface area contributed by atoms with Crippen molar-refractivity contribution in [3.63, 3.8) is 0 Å². The van der Waals surface area contributed by atoms with Gasteiger partial charge in [-0.15, -0.1) is 0 Å². The molecular formula is C16H29N3. The van der Waals surface area contributed by atoms with Gasteiger partial charge in [0.1, 0.15) is 5.82 Å². The van der Waals surface area contributed by atoms with Crippen molar-refractivity contribution in [1.82, 2.24) is 10.3 Å². The van der Waals surface area contributed by atoms with Gasteiger partial charge in [-0.3, -0.25) is 0 Å². The Morgan fingerprint density at radius 2 is 1.95 bits per heavy atom. The van der Waals surface area contributed by atoms with Crippen molar-refractivity contribution in [2.24, 2.45) is 0 Å². The van der Waals surface area contributed by atoms with Crippen molar-refractivity contribution in [3.8, 4) is 0 Å². The maximum absolute atomic E-state index is 4.81. The topological polar surface area (TPSA) is 28.2 Å². The molecule has 3 heteroatoms. The van der Waals surface area contributed by atoms with Gasteiger partial charge in [0.25, 0.3) is 0 Å². The van der Waals surface area contributed by atoms with Crippen LogP contribution in [0.3, 0.4) is 0 Å². The first kappa shape index (κ1) is 16.0. The summed E-state index contributed by atoms with van der Waals surface area (Å²) in [4.78, 5) is 7.24. The van der Waals surface area contributed by atoms with E-state index < -0.39 is 0 Å². The summed E-state index contributed by atoms with van der Waals surface area (Å²) >= 11 is 0. The molecule has 0 amide bonds. The third-order valence-corrected chi connectivity index (χ3v) is 3.37. The largest absolute Gasteiger partial charge is 0.354 e. The van der Waals surface area contributed by atoms with E-state index in [0.29, 0.717) is 6.04 Å². The molecule has 1 N–H and O–H groups in total. The number of anilines is 1. The number of nitrogens with zero attached hydrogens (tertiary/aromatic N) is 2. The van der Waals surface area contributed by atoms with Gasteiger partial charge in [0, 0.05) is 30.4 Å². The SMILES string of the molecule is CCCN(c1nc(C)cc(C)c1CNCC)C(C)C. The molecular weight excluding hydrogens is 234 g/mol. The van der Waals surface area contributed by atoms with Gasteiger partial charge < -0.3 is 10.2 Å². The van der Waals surface area contributed by atoms with Gasteiger partial charge in [-0.05, 0) is 52.3 Å². The number of hydrogen-bond acceptors (Lipinski definition) is 3. The van der Waals surface area contributed by atoms with Gasteiger partial charge in [-0.1, -0.05) is 13.8 Å². The van der Waals surface area contributed by atoms with Crippen molar-refractivity contribution in [3.05, 3.63) is 22.9 Å². The van der Waals surface area contributed by atoms with Gasteiger partial charge in [0.05, 0.1) is 0 Å². The lowest BCUT2D eigenvalue weighted by Gasteiger charge is -2.30. The average molecular weight is 263 g/mol. The minimum absolute atomic E-state index is 0.481. The van der Waals surface area contributed by atoms with E-state index in [4.69, 9.17) is 4.98 Å². The summed E-state index contributed by atoms with van der Waals surface area (Å²) < 4.78 is 0. The van der Waals surface area contributed by atoms with Crippen LogP contribution in [-0.2, 0) is 6.54 Å². The highest BCUT2D eigenvalue weighted by atomic mass is 15.2. The van der Waals surface area contributed by atoms with Crippen LogP contribution in [0.4, 0.5) is 5.82 Å². The zero-order chi connectivity index (χ0) is 14.4. The van der Waals surface area contributed by atoms with Crippen LogP contribution in [0, 0.1) is 13.8 Å². The Labute approximate surface area is 118 Å². The smallest absolute Gasteiger partial charge is 0.133 e. The van der Waals surface area contributed by atoms with E-state index in [0.717, 1.165) is 37.6 Å². The predicted molar refractivity (Wildman–Crippen MR) is 83.9 cm³/mol. The van der Waals surface area contributed by atoms with E-state index in [1.54, 1.807) is 0 Å². The quantitative estimate of drug-likeness (QED) is 0.817. The highest BCUT2D eigenvalue weighted by Gasteiger charge is 2.17. The van der Waals surface area contributed by atoms with Gasteiger partial charge in [0.15, 0.2) is 0 Å². The van der Waals surface area contributed by atoms with E-state index >= 15 is 0 Å². The van der Waals surface area contributed by atoms with Crippen LogP contribution in [0.2, 0.25) is 0 Å². The molecule has 0 aliphatic heterocycles. The molecule has 19 heavy (non-hydrogen) atoms. The molecule has 0 unspecified atom stereocenters. The van der Waals surface area contributed by atoms with Crippen molar-refractivity contribution in [2.75, 3.05) is 18.0 Å². The maximum atomic E-state index is 4.81. The molecule has 0 spiro atoms. The molecule has 0 bridgehead atoms. The molecule has 0 radical (unpaired) electrons. The fourth-order valence-corrected chi connectivity index (χ4v) is 2.40. The first-order chi connectivity index (χ1) is 9.01. The van der Waals surface area contributed by atoms with Crippen molar-refractivity contribution >= 4 is 5.82 Å². The average Bonchev–Trinajstić information content (AvgIpc) is 2.33. The van der Waals surface area contributed by atoms with E-state index in [1.165, 1.54) is 11.1 Å². The Morgan fingerprint density at radius 1 is 1.26 bits per heavy atom. The van der Waals surface area contributed by atoms with Crippen LogP contribution < -0.4 is 10.2 Å². The Bertz CT molecular complexity index is 399. The van der Waals surface area contributed by atoms with Crippen LogP contribution in [0.5, 0.6) is 0 Å². The molecule has 1 heterocycles. The predicted octanol–water partition coefficient (Wildman–Crippen LogP) is 3.43. The molecule has 3 nitrogen and oxygen atoms in total. The lowest BCUT2D eigenvalue weighted by Crippen LogP contribution is -2.34. The molecule has 0 aromatic carbocycles. The zero-order valence-corrected chi connectivity index (χ0v) is 13.4. The van der Waals surface area contributed by atoms with Crippen molar-refractivity contribution in [2.45, 2.75) is 60.5 Å². The van der Waals surface area contributed by atoms with Gasteiger partial charge >= 0.3 is 0 Å². The lowest BCUT2D eigenvalue weighted by atomic mass is 10.1. The fraction of sp³-hybridized carbons (Fsp3) is 0.688. The van der Waals surface area contributed by atoms with E-state index in [-0.39, 0.29) is 0 Å². The van der Waals surface area contributed by atoms with Crippen molar-refractivity contribution < 1.29 is 0 Å². The molecule has 0 saturated heterocycles. The summed E-state index contributed by atoms with van der Waals surface area (Å²) in [6.45, 7) is 16.1. The van der Waals surface area contributed by atoms with E-state index in [1.807, 2.05) is 0 Å². The van der Waals surface area contributed by atoms with Crippen LogP contribution in [0.1, 0.15) is 50.9 Å². The number of hydrogen-bond donors (Lipinski definition) is 1. The summed E-state index contributed by atoms with van der Waals surface area (Å²) in [7, 11) is 0. The highest BCUT2D eigenvalue weighted by Crippen LogP contribution is 2.24. The molecule has 108 valence electrons. The fourth-order valence-electron chi connectivity index (χ4n) is 2.40. The van der Waals surface area contributed by atoms with Crippen LogP contribution in [0.15, 0.2) is 6.07 Å². The molecule has 0 saturated carbocycles. The number of nitrogens with one attached hydrogen (secondary N) is 1. The summed E-state index contributed by atoms with van der Waals surface area (Å²) in [5.74, 6) is 1.16. The van der Waals surface area contributed by atoms with Crippen LogP contribution >= 0.6 is 0 Å².